The summed E-state index contributed by atoms with van der Waals surface area (Å²) in [6.45, 7) is 3.12. The van der Waals surface area contributed by atoms with Crippen LogP contribution in [-0.4, -0.2) is 23.8 Å². The van der Waals surface area contributed by atoms with Crippen LogP contribution in [0.15, 0.2) is 24.3 Å². The lowest BCUT2D eigenvalue weighted by Crippen LogP contribution is -2.51. The second-order valence-electron chi connectivity index (χ2n) is 8.87. The van der Waals surface area contributed by atoms with Gasteiger partial charge in [-0.1, -0.05) is 0 Å². The summed E-state index contributed by atoms with van der Waals surface area (Å²) in [4.78, 5) is 36.7. The molecule has 1 atom stereocenters. The number of hydrogen-bond acceptors (Lipinski definition) is 4. The van der Waals surface area contributed by atoms with E-state index in [0.29, 0.717) is 29.0 Å². The number of amides is 1. The van der Waals surface area contributed by atoms with E-state index in [1.165, 1.54) is 26.2 Å². The van der Waals surface area contributed by atoms with Crippen molar-refractivity contribution >= 4 is 23.3 Å². The monoisotopic (exact) mass is 369 g/mol. The van der Waals surface area contributed by atoms with Crippen LogP contribution in [0.1, 0.15) is 62.7 Å². The molecule has 0 aliphatic heterocycles. The van der Waals surface area contributed by atoms with Gasteiger partial charge in [-0.05, 0) is 94.4 Å². The molecule has 1 aromatic rings. The lowest BCUT2D eigenvalue weighted by atomic mass is 9.49. The zero-order valence-electron chi connectivity index (χ0n) is 16.0. The second kappa shape index (κ2) is 6.77. The summed E-state index contributed by atoms with van der Waals surface area (Å²) in [6, 6.07) is 6.71. The first-order valence-electron chi connectivity index (χ1n) is 9.97. The fraction of sp³-hybridized carbons (Fsp3) is 0.591. The Bertz CT molecular complexity index is 732. The third kappa shape index (κ3) is 3.52. The average Bonchev–Trinajstić information content (AvgIpc) is 2.60. The molecule has 4 saturated carbocycles. The van der Waals surface area contributed by atoms with Crippen molar-refractivity contribution in [1.29, 1.82) is 0 Å². The fourth-order valence-electron chi connectivity index (χ4n) is 5.73. The molecule has 144 valence electrons. The predicted octanol–water partition coefficient (Wildman–Crippen LogP) is 3.98. The van der Waals surface area contributed by atoms with Gasteiger partial charge < -0.3 is 10.1 Å². The number of ketones is 1. The minimum atomic E-state index is -0.835. The molecule has 1 unspecified atom stereocenters. The molecule has 5 heteroatoms. The highest BCUT2D eigenvalue weighted by molar-refractivity contribution is 5.97. The van der Waals surface area contributed by atoms with Crippen LogP contribution in [0.5, 0.6) is 0 Å². The number of anilines is 1. The molecule has 4 bridgehead atoms. The Labute approximate surface area is 159 Å². The quantitative estimate of drug-likeness (QED) is 0.629. The summed E-state index contributed by atoms with van der Waals surface area (Å²) in [5.74, 6) is 1.43. The number of nitrogens with one attached hydrogen (secondary N) is 1. The molecule has 1 amide bonds. The largest absolute Gasteiger partial charge is 0.452 e. The molecule has 0 spiro atoms. The number of rotatable bonds is 5. The number of hydrogen-bond donors (Lipinski definition) is 1. The summed E-state index contributed by atoms with van der Waals surface area (Å²) in [7, 11) is 0. The molecule has 4 aliphatic carbocycles. The van der Waals surface area contributed by atoms with Crippen molar-refractivity contribution in [3.63, 3.8) is 0 Å². The standard InChI is InChI=1S/C22H27NO4/c1-13(24)18-3-5-19(6-4-18)23-20(25)14(2)27-21(26)22-10-15-7-16(11-22)9-17(8-15)12-22/h3-6,14-17H,7-12H2,1-2H3,(H,23,25). The Morgan fingerprint density at radius 3 is 2.00 bits per heavy atom. The maximum atomic E-state index is 12.9. The number of esters is 1. The zero-order chi connectivity index (χ0) is 19.2. The highest BCUT2D eigenvalue weighted by Crippen LogP contribution is 2.60. The molecular weight excluding hydrogens is 342 g/mol. The summed E-state index contributed by atoms with van der Waals surface area (Å²) < 4.78 is 5.63. The van der Waals surface area contributed by atoms with Gasteiger partial charge >= 0.3 is 5.97 Å². The van der Waals surface area contributed by atoms with Gasteiger partial charge in [-0.25, -0.2) is 0 Å². The molecular formula is C22H27NO4. The SMILES string of the molecule is CC(=O)c1ccc(NC(=O)C(C)OC(=O)C23CC4CC(CC(C4)C2)C3)cc1. The smallest absolute Gasteiger partial charge is 0.312 e. The Hall–Kier alpha value is -2.17. The van der Waals surface area contributed by atoms with Crippen molar-refractivity contribution in [3.05, 3.63) is 29.8 Å². The summed E-state index contributed by atoms with van der Waals surface area (Å²) in [5, 5.41) is 2.76. The minimum Gasteiger partial charge on any atom is -0.452 e. The van der Waals surface area contributed by atoms with Crippen molar-refractivity contribution in [2.45, 2.75) is 58.5 Å². The maximum absolute atomic E-state index is 12.9. The third-order valence-electron chi connectivity index (χ3n) is 6.68. The molecule has 1 aromatic carbocycles. The first kappa shape index (κ1) is 18.2. The van der Waals surface area contributed by atoms with Crippen LogP contribution in [0.3, 0.4) is 0 Å². The topological polar surface area (TPSA) is 72.5 Å². The van der Waals surface area contributed by atoms with Crippen molar-refractivity contribution in [3.8, 4) is 0 Å². The summed E-state index contributed by atoms with van der Waals surface area (Å²) in [6.07, 6.45) is 5.74. The maximum Gasteiger partial charge on any atom is 0.312 e. The molecule has 5 rings (SSSR count). The lowest BCUT2D eigenvalue weighted by Gasteiger charge is -2.55. The van der Waals surface area contributed by atoms with E-state index in [1.807, 2.05) is 0 Å². The van der Waals surface area contributed by atoms with Gasteiger partial charge in [-0.2, -0.15) is 0 Å². The molecule has 4 aliphatic rings. The predicted molar refractivity (Wildman–Crippen MR) is 101 cm³/mol. The molecule has 0 radical (unpaired) electrons. The van der Waals surface area contributed by atoms with Crippen molar-refractivity contribution in [2.75, 3.05) is 5.32 Å². The van der Waals surface area contributed by atoms with E-state index < -0.39 is 6.10 Å². The molecule has 4 fully saturated rings. The van der Waals surface area contributed by atoms with Crippen LogP contribution in [0, 0.1) is 23.2 Å². The van der Waals surface area contributed by atoms with E-state index in [4.69, 9.17) is 4.74 Å². The number of benzene rings is 1. The Kier molecular flexibility index (Phi) is 4.57. The van der Waals surface area contributed by atoms with Gasteiger partial charge in [0.2, 0.25) is 0 Å². The van der Waals surface area contributed by atoms with Crippen LogP contribution in [0.2, 0.25) is 0 Å². The van der Waals surface area contributed by atoms with Crippen molar-refractivity contribution in [2.24, 2.45) is 23.2 Å². The van der Waals surface area contributed by atoms with Crippen molar-refractivity contribution in [1.82, 2.24) is 0 Å². The van der Waals surface area contributed by atoms with Gasteiger partial charge in [0.25, 0.3) is 5.91 Å². The van der Waals surface area contributed by atoms with Gasteiger partial charge in [-0.15, -0.1) is 0 Å². The van der Waals surface area contributed by atoms with Crippen LogP contribution < -0.4 is 5.32 Å². The molecule has 0 aromatic heterocycles. The van der Waals surface area contributed by atoms with Gasteiger partial charge in [0, 0.05) is 11.3 Å². The van der Waals surface area contributed by atoms with E-state index in [9.17, 15) is 14.4 Å². The van der Waals surface area contributed by atoms with Gasteiger partial charge in [0.05, 0.1) is 5.41 Å². The van der Waals surface area contributed by atoms with Crippen LogP contribution in [0.25, 0.3) is 0 Å². The molecule has 5 nitrogen and oxygen atoms in total. The fourth-order valence-corrected chi connectivity index (χ4v) is 5.73. The zero-order valence-corrected chi connectivity index (χ0v) is 16.0. The Morgan fingerprint density at radius 2 is 1.52 bits per heavy atom. The minimum absolute atomic E-state index is 0.0225. The first-order chi connectivity index (χ1) is 12.8. The van der Waals surface area contributed by atoms with E-state index in [0.717, 1.165) is 19.3 Å². The van der Waals surface area contributed by atoms with Gasteiger partial charge in [0.1, 0.15) is 0 Å². The second-order valence-corrected chi connectivity index (χ2v) is 8.87. The number of carbonyl (C=O) groups is 3. The van der Waals surface area contributed by atoms with E-state index in [1.54, 1.807) is 31.2 Å². The number of carbonyl (C=O) groups excluding carboxylic acids is 3. The number of ether oxygens (including phenoxy) is 1. The van der Waals surface area contributed by atoms with E-state index >= 15 is 0 Å². The van der Waals surface area contributed by atoms with Gasteiger partial charge in [0.15, 0.2) is 11.9 Å². The van der Waals surface area contributed by atoms with E-state index in [2.05, 4.69) is 5.32 Å². The summed E-state index contributed by atoms with van der Waals surface area (Å²) >= 11 is 0. The summed E-state index contributed by atoms with van der Waals surface area (Å²) in [5.41, 5.74) is 0.823. The van der Waals surface area contributed by atoms with Crippen molar-refractivity contribution < 1.29 is 19.1 Å². The molecule has 0 heterocycles. The molecule has 27 heavy (non-hydrogen) atoms. The average molecular weight is 369 g/mol. The molecule has 1 N–H and O–H groups in total. The lowest BCUT2D eigenvalue weighted by molar-refractivity contribution is -0.177. The van der Waals surface area contributed by atoms with Gasteiger partial charge in [-0.3, -0.25) is 14.4 Å². The highest BCUT2D eigenvalue weighted by Gasteiger charge is 2.55. The normalized spacial score (nSPS) is 32.0. The Morgan fingerprint density at radius 1 is 1.00 bits per heavy atom. The van der Waals surface area contributed by atoms with E-state index in [-0.39, 0.29) is 23.1 Å². The highest BCUT2D eigenvalue weighted by atomic mass is 16.5. The van der Waals surface area contributed by atoms with Crippen LogP contribution in [-0.2, 0) is 14.3 Å². The first-order valence-corrected chi connectivity index (χ1v) is 9.97. The molecule has 0 saturated heterocycles. The van der Waals surface area contributed by atoms with Crippen LogP contribution >= 0.6 is 0 Å². The third-order valence-corrected chi connectivity index (χ3v) is 6.68. The number of Topliss-reactive ketones (excluding diaryl/α,β-unsaturated/α-hetero) is 1. The Balaban J connectivity index is 1.37. The van der Waals surface area contributed by atoms with Crippen LogP contribution in [0.4, 0.5) is 5.69 Å².